The van der Waals surface area contributed by atoms with Crippen LogP contribution in [0.4, 0.5) is 10.1 Å². The highest BCUT2D eigenvalue weighted by Crippen LogP contribution is 2.31. The molecule has 0 radical (unpaired) electrons. The van der Waals surface area contributed by atoms with Gasteiger partial charge in [0.2, 0.25) is 0 Å². The van der Waals surface area contributed by atoms with Crippen molar-refractivity contribution in [1.82, 2.24) is 0 Å². The molecule has 4 heteroatoms. The summed E-state index contributed by atoms with van der Waals surface area (Å²) in [4.78, 5) is 2.24. The normalized spacial score (nSPS) is 24.3. The summed E-state index contributed by atoms with van der Waals surface area (Å²) >= 11 is 0. The van der Waals surface area contributed by atoms with Crippen molar-refractivity contribution in [3.8, 4) is 0 Å². The van der Waals surface area contributed by atoms with E-state index in [0.717, 1.165) is 24.3 Å². The van der Waals surface area contributed by atoms with Gasteiger partial charge in [-0.2, -0.15) is 0 Å². The molecule has 1 heterocycles. The molecule has 0 aromatic heterocycles. The Bertz CT molecular complexity index is 459. The minimum absolute atomic E-state index is 0.148. The van der Waals surface area contributed by atoms with Crippen LogP contribution in [0.25, 0.3) is 0 Å². The molecule has 3 nitrogen and oxygen atoms in total. The fraction of sp³-hybridized carbons (Fsp3) is 0.600. The van der Waals surface area contributed by atoms with Crippen molar-refractivity contribution < 1.29 is 9.13 Å². The highest BCUT2D eigenvalue weighted by atomic mass is 19.1. The summed E-state index contributed by atoms with van der Waals surface area (Å²) in [6.45, 7) is 9.67. The lowest BCUT2D eigenvalue weighted by molar-refractivity contribution is -0.0750. The van der Waals surface area contributed by atoms with Crippen molar-refractivity contribution in [2.24, 2.45) is 5.73 Å². The molecule has 2 atom stereocenters. The van der Waals surface area contributed by atoms with Crippen molar-refractivity contribution in [3.05, 3.63) is 29.6 Å². The van der Waals surface area contributed by atoms with E-state index < -0.39 is 0 Å². The second-order valence-corrected chi connectivity index (χ2v) is 6.06. The van der Waals surface area contributed by atoms with Gasteiger partial charge in [-0.15, -0.1) is 0 Å². The van der Waals surface area contributed by atoms with Crippen molar-refractivity contribution in [3.63, 3.8) is 0 Å². The second-order valence-electron chi connectivity index (χ2n) is 6.06. The average molecular weight is 266 g/mol. The molecule has 1 aliphatic heterocycles. The molecule has 0 saturated carbocycles. The van der Waals surface area contributed by atoms with E-state index in [1.807, 2.05) is 13.0 Å². The maximum atomic E-state index is 13.4. The molecule has 0 amide bonds. The molecule has 1 unspecified atom stereocenters. The Morgan fingerprint density at radius 1 is 1.47 bits per heavy atom. The third kappa shape index (κ3) is 3.25. The summed E-state index contributed by atoms with van der Waals surface area (Å²) in [5.41, 5.74) is 7.63. The van der Waals surface area contributed by atoms with E-state index in [2.05, 4.69) is 25.7 Å². The summed E-state index contributed by atoms with van der Waals surface area (Å²) in [6.07, 6.45) is 0.148. The summed E-state index contributed by atoms with van der Waals surface area (Å²) in [7, 11) is 0. The Labute approximate surface area is 114 Å². The Kier molecular flexibility index (Phi) is 3.83. The highest BCUT2D eigenvalue weighted by Gasteiger charge is 2.32. The number of hydrogen-bond donors (Lipinski definition) is 1. The minimum Gasteiger partial charge on any atom is -0.369 e. The van der Waals surface area contributed by atoms with Crippen LogP contribution in [0, 0.1) is 5.82 Å². The Balaban J connectivity index is 2.35. The number of nitrogens with two attached hydrogens (primary N) is 1. The molecular weight excluding hydrogens is 243 g/mol. The molecular formula is C15H23FN2O. The van der Waals surface area contributed by atoms with Crippen molar-refractivity contribution >= 4 is 5.69 Å². The van der Waals surface area contributed by atoms with Crippen LogP contribution in [-0.4, -0.2) is 24.8 Å². The molecule has 1 aromatic carbocycles. The molecule has 1 aliphatic rings. The monoisotopic (exact) mass is 266 g/mol. The van der Waals surface area contributed by atoms with Crippen LogP contribution in [0.15, 0.2) is 18.2 Å². The molecule has 0 spiro atoms. The van der Waals surface area contributed by atoms with Crippen molar-refractivity contribution in [2.75, 3.05) is 18.0 Å². The van der Waals surface area contributed by atoms with E-state index >= 15 is 0 Å². The van der Waals surface area contributed by atoms with Gasteiger partial charge in [0.05, 0.1) is 11.7 Å². The molecule has 1 fully saturated rings. The third-order valence-corrected chi connectivity index (χ3v) is 3.39. The zero-order valence-corrected chi connectivity index (χ0v) is 12.1. The largest absolute Gasteiger partial charge is 0.369 e. The third-order valence-electron chi connectivity index (χ3n) is 3.39. The molecule has 1 saturated heterocycles. The number of anilines is 1. The molecule has 2 N–H and O–H groups in total. The van der Waals surface area contributed by atoms with Crippen LogP contribution in [0.1, 0.15) is 39.3 Å². The van der Waals surface area contributed by atoms with Gasteiger partial charge in [0.15, 0.2) is 0 Å². The predicted octanol–water partition coefficient (Wildman–Crippen LogP) is 2.85. The molecule has 0 bridgehead atoms. The molecule has 2 rings (SSSR count). The van der Waals surface area contributed by atoms with Crippen LogP contribution in [0.3, 0.4) is 0 Å². The van der Waals surface area contributed by atoms with Crippen molar-refractivity contribution in [1.29, 1.82) is 0 Å². The lowest BCUT2D eigenvalue weighted by Gasteiger charge is -2.43. The van der Waals surface area contributed by atoms with Gasteiger partial charge in [0.25, 0.3) is 0 Å². The fourth-order valence-electron chi connectivity index (χ4n) is 2.82. The predicted molar refractivity (Wildman–Crippen MR) is 75.8 cm³/mol. The highest BCUT2D eigenvalue weighted by molar-refractivity contribution is 5.55. The van der Waals surface area contributed by atoms with Gasteiger partial charge in [-0.3, -0.25) is 0 Å². The number of morpholine rings is 1. The second kappa shape index (κ2) is 5.10. The van der Waals surface area contributed by atoms with Gasteiger partial charge in [-0.05, 0) is 51.5 Å². The van der Waals surface area contributed by atoms with Gasteiger partial charge in [-0.1, -0.05) is 0 Å². The first kappa shape index (κ1) is 14.3. The zero-order chi connectivity index (χ0) is 14.2. The first-order valence-corrected chi connectivity index (χ1v) is 6.76. The minimum atomic E-state index is -0.239. The summed E-state index contributed by atoms with van der Waals surface area (Å²) in [5.74, 6) is -0.239. The Hall–Kier alpha value is -1.13. The molecule has 0 aliphatic carbocycles. The van der Waals surface area contributed by atoms with E-state index in [1.165, 1.54) is 12.1 Å². The van der Waals surface area contributed by atoms with Gasteiger partial charge >= 0.3 is 0 Å². The van der Waals surface area contributed by atoms with Crippen LogP contribution in [0.5, 0.6) is 0 Å². The number of rotatable bonds is 2. The van der Waals surface area contributed by atoms with E-state index in [4.69, 9.17) is 10.5 Å². The Morgan fingerprint density at radius 2 is 2.16 bits per heavy atom. The summed E-state index contributed by atoms with van der Waals surface area (Å²) in [5, 5.41) is 0. The average Bonchev–Trinajstić information content (AvgIpc) is 2.25. The van der Waals surface area contributed by atoms with Crippen molar-refractivity contribution in [2.45, 2.75) is 45.4 Å². The lowest BCUT2D eigenvalue weighted by Crippen LogP contribution is -2.52. The smallest absolute Gasteiger partial charge is 0.123 e. The number of benzene rings is 1. The van der Waals surface area contributed by atoms with Crippen LogP contribution in [0.2, 0.25) is 0 Å². The van der Waals surface area contributed by atoms with Crippen LogP contribution in [-0.2, 0) is 4.74 Å². The Morgan fingerprint density at radius 3 is 2.74 bits per heavy atom. The van der Waals surface area contributed by atoms with Gasteiger partial charge in [-0.25, -0.2) is 4.39 Å². The maximum absolute atomic E-state index is 13.4. The van der Waals surface area contributed by atoms with Crippen LogP contribution < -0.4 is 10.6 Å². The molecule has 106 valence electrons. The number of halogens is 1. The van der Waals surface area contributed by atoms with E-state index in [1.54, 1.807) is 0 Å². The van der Waals surface area contributed by atoms with E-state index in [-0.39, 0.29) is 23.6 Å². The van der Waals surface area contributed by atoms with E-state index in [0.29, 0.717) is 0 Å². The quantitative estimate of drug-likeness (QED) is 0.894. The fourth-order valence-corrected chi connectivity index (χ4v) is 2.82. The number of ether oxygens (including phenoxy) is 1. The summed E-state index contributed by atoms with van der Waals surface area (Å²) < 4.78 is 19.3. The number of hydrogen-bond acceptors (Lipinski definition) is 3. The van der Waals surface area contributed by atoms with Gasteiger partial charge in [0, 0.05) is 24.8 Å². The van der Waals surface area contributed by atoms with Gasteiger partial charge < -0.3 is 15.4 Å². The zero-order valence-electron chi connectivity index (χ0n) is 12.1. The lowest BCUT2D eigenvalue weighted by atomic mass is 10.0. The summed E-state index contributed by atoms with van der Waals surface area (Å²) in [6, 6.07) is 4.66. The van der Waals surface area contributed by atoms with E-state index in [9.17, 15) is 4.39 Å². The number of nitrogens with zero attached hydrogens (tertiary/aromatic N) is 1. The first-order chi connectivity index (χ1) is 8.78. The standard InChI is InChI=1S/C15H23FN2O/c1-10-8-18(9-15(3,4)19-10)14-6-5-12(16)7-13(14)11(2)17/h5-7,10-11H,8-9,17H2,1-4H3/t10?,11-/m0/s1. The SMILES string of the molecule is CC1CN(c2ccc(F)cc2[C@H](C)N)CC(C)(C)O1. The molecule has 19 heavy (non-hydrogen) atoms. The maximum Gasteiger partial charge on any atom is 0.123 e. The van der Waals surface area contributed by atoms with Crippen LogP contribution >= 0.6 is 0 Å². The van der Waals surface area contributed by atoms with Gasteiger partial charge in [0.1, 0.15) is 5.82 Å². The molecule has 1 aromatic rings. The first-order valence-electron chi connectivity index (χ1n) is 6.76. The topological polar surface area (TPSA) is 38.5 Å².